The second kappa shape index (κ2) is 7.99. The van der Waals surface area contributed by atoms with Gasteiger partial charge in [-0.15, -0.1) is 0 Å². The molecule has 0 bridgehead atoms. The molecule has 17 heavy (non-hydrogen) atoms. The van der Waals surface area contributed by atoms with E-state index in [0.717, 1.165) is 13.3 Å². The fraction of sp³-hybridized carbons (Fsp3) is 0.800. The van der Waals surface area contributed by atoms with Crippen LogP contribution in [0.25, 0.3) is 0 Å². The average molecular weight is 250 g/mol. The van der Waals surface area contributed by atoms with Crippen molar-refractivity contribution in [1.82, 2.24) is 0 Å². The summed E-state index contributed by atoms with van der Waals surface area (Å²) < 4.78 is 0. The van der Waals surface area contributed by atoms with Gasteiger partial charge in [0.25, 0.3) is 0 Å². The van der Waals surface area contributed by atoms with Gasteiger partial charge in [-0.2, -0.15) is 0 Å². The van der Waals surface area contributed by atoms with Crippen LogP contribution in [-0.2, 0) is 24.4 Å². The molecule has 0 aliphatic carbocycles. The SMILES string of the molecule is CCCCC(O)(CO)CC(=O)OOOC(C)=O. The molecule has 0 aromatic rings. The predicted molar refractivity (Wildman–Crippen MR) is 55.1 cm³/mol. The molecule has 0 aromatic heterocycles. The molecule has 0 aliphatic rings. The summed E-state index contributed by atoms with van der Waals surface area (Å²) >= 11 is 0. The van der Waals surface area contributed by atoms with Gasteiger partial charge in [0.05, 0.1) is 18.6 Å². The molecule has 0 amide bonds. The van der Waals surface area contributed by atoms with Crippen molar-refractivity contribution in [3.05, 3.63) is 0 Å². The highest BCUT2D eigenvalue weighted by Crippen LogP contribution is 2.18. The number of carbonyl (C=O) groups is 2. The van der Waals surface area contributed by atoms with E-state index in [2.05, 4.69) is 14.8 Å². The van der Waals surface area contributed by atoms with Gasteiger partial charge in [0, 0.05) is 12.0 Å². The molecule has 0 saturated carbocycles. The summed E-state index contributed by atoms with van der Waals surface area (Å²) in [4.78, 5) is 29.4. The van der Waals surface area contributed by atoms with Crippen LogP contribution >= 0.6 is 0 Å². The minimum absolute atomic E-state index is 0.267. The molecule has 100 valence electrons. The van der Waals surface area contributed by atoms with E-state index >= 15 is 0 Å². The summed E-state index contributed by atoms with van der Waals surface area (Å²) in [5.74, 6) is -1.71. The van der Waals surface area contributed by atoms with Gasteiger partial charge in [-0.05, 0) is 6.42 Å². The van der Waals surface area contributed by atoms with Gasteiger partial charge in [0.1, 0.15) is 0 Å². The molecule has 0 aliphatic heterocycles. The Hall–Kier alpha value is -1.18. The highest BCUT2D eigenvalue weighted by molar-refractivity contribution is 5.70. The van der Waals surface area contributed by atoms with E-state index in [0.29, 0.717) is 6.42 Å². The molecular formula is C10H18O7. The molecule has 0 radical (unpaired) electrons. The fourth-order valence-electron chi connectivity index (χ4n) is 1.13. The summed E-state index contributed by atoms with van der Waals surface area (Å²) in [6.07, 6.45) is 1.31. The number of carbonyl (C=O) groups excluding carboxylic acids is 2. The van der Waals surface area contributed by atoms with Crippen LogP contribution in [0.4, 0.5) is 0 Å². The highest BCUT2D eigenvalue weighted by Gasteiger charge is 2.30. The van der Waals surface area contributed by atoms with Crippen molar-refractivity contribution in [2.24, 2.45) is 0 Å². The fourth-order valence-corrected chi connectivity index (χ4v) is 1.13. The monoisotopic (exact) mass is 250 g/mol. The zero-order valence-electron chi connectivity index (χ0n) is 9.97. The molecule has 0 spiro atoms. The van der Waals surface area contributed by atoms with Gasteiger partial charge in [-0.25, -0.2) is 9.59 Å². The van der Waals surface area contributed by atoms with Gasteiger partial charge < -0.3 is 10.2 Å². The standard InChI is InChI=1S/C10H18O7/c1-3-4-5-10(14,7-11)6-9(13)16-17-15-8(2)12/h11,14H,3-7H2,1-2H3. The van der Waals surface area contributed by atoms with Crippen LogP contribution in [0, 0.1) is 0 Å². The quantitative estimate of drug-likeness (QED) is 0.470. The first kappa shape index (κ1) is 15.8. The van der Waals surface area contributed by atoms with Crippen molar-refractivity contribution in [2.45, 2.75) is 45.1 Å². The Labute approximate surface area is 99.1 Å². The molecule has 1 unspecified atom stereocenters. The lowest BCUT2D eigenvalue weighted by Gasteiger charge is -2.23. The molecule has 0 heterocycles. The van der Waals surface area contributed by atoms with E-state index in [1.807, 2.05) is 6.92 Å². The number of rotatable bonds is 8. The molecule has 2 N–H and O–H groups in total. The average Bonchev–Trinajstić information content (AvgIpc) is 2.26. The number of hydrogen-bond acceptors (Lipinski definition) is 7. The van der Waals surface area contributed by atoms with Gasteiger partial charge in [-0.1, -0.05) is 19.8 Å². The van der Waals surface area contributed by atoms with Crippen LogP contribution in [0.15, 0.2) is 0 Å². The summed E-state index contributed by atoms with van der Waals surface area (Å²) in [5, 5.41) is 22.7. The van der Waals surface area contributed by atoms with Crippen LogP contribution in [0.3, 0.4) is 0 Å². The Morgan fingerprint density at radius 2 is 1.94 bits per heavy atom. The maximum Gasteiger partial charge on any atom is 0.349 e. The second-order valence-corrected chi connectivity index (χ2v) is 3.76. The van der Waals surface area contributed by atoms with Gasteiger partial charge in [0.15, 0.2) is 0 Å². The smallest absolute Gasteiger partial charge is 0.349 e. The van der Waals surface area contributed by atoms with E-state index in [1.165, 1.54) is 0 Å². The zero-order chi connectivity index (χ0) is 13.3. The first-order valence-corrected chi connectivity index (χ1v) is 5.31. The molecule has 0 fully saturated rings. The Bertz CT molecular complexity index is 253. The number of hydrogen-bond donors (Lipinski definition) is 2. The number of aliphatic hydroxyl groups excluding tert-OH is 1. The molecule has 7 nitrogen and oxygen atoms in total. The topological polar surface area (TPSA) is 102 Å². The largest absolute Gasteiger partial charge is 0.393 e. The molecule has 0 aromatic carbocycles. The van der Waals surface area contributed by atoms with E-state index in [9.17, 15) is 14.7 Å². The molecule has 1 atom stereocenters. The van der Waals surface area contributed by atoms with E-state index in [-0.39, 0.29) is 6.42 Å². The van der Waals surface area contributed by atoms with Crippen molar-refractivity contribution in [3.63, 3.8) is 0 Å². The number of aliphatic hydroxyl groups is 2. The Kier molecular flexibility index (Phi) is 7.44. The maximum absolute atomic E-state index is 11.2. The van der Waals surface area contributed by atoms with E-state index < -0.39 is 30.6 Å². The minimum atomic E-state index is -1.54. The summed E-state index contributed by atoms with van der Waals surface area (Å²) in [6.45, 7) is 2.43. The Morgan fingerprint density at radius 3 is 2.41 bits per heavy atom. The van der Waals surface area contributed by atoms with Crippen LogP contribution in [0.1, 0.15) is 39.5 Å². The van der Waals surface area contributed by atoms with Crippen molar-refractivity contribution >= 4 is 11.9 Å². The molecule has 0 rings (SSSR count). The summed E-state index contributed by atoms with van der Waals surface area (Å²) in [5.41, 5.74) is -1.54. The zero-order valence-corrected chi connectivity index (χ0v) is 9.97. The van der Waals surface area contributed by atoms with Gasteiger partial charge in [-0.3, -0.25) is 9.78 Å². The lowest BCUT2D eigenvalue weighted by atomic mass is 9.94. The molecule has 7 heteroatoms. The van der Waals surface area contributed by atoms with Crippen LogP contribution in [0.5, 0.6) is 0 Å². The molecule has 0 saturated heterocycles. The first-order valence-electron chi connectivity index (χ1n) is 5.31. The Morgan fingerprint density at radius 1 is 1.29 bits per heavy atom. The van der Waals surface area contributed by atoms with Crippen LogP contribution < -0.4 is 0 Å². The Balaban J connectivity index is 4.00. The van der Waals surface area contributed by atoms with Crippen molar-refractivity contribution in [3.8, 4) is 0 Å². The van der Waals surface area contributed by atoms with Crippen LogP contribution in [0.2, 0.25) is 0 Å². The second-order valence-electron chi connectivity index (χ2n) is 3.76. The maximum atomic E-state index is 11.2. The van der Waals surface area contributed by atoms with E-state index in [1.54, 1.807) is 0 Å². The highest BCUT2D eigenvalue weighted by atomic mass is 17.5. The van der Waals surface area contributed by atoms with E-state index in [4.69, 9.17) is 5.11 Å². The summed E-state index contributed by atoms with van der Waals surface area (Å²) in [7, 11) is 0. The van der Waals surface area contributed by atoms with Crippen molar-refractivity contribution in [2.75, 3.05) is 6.61 Å². The first-order chi connectivity index (χ1) is 7.93. The van der Waals surface area contributed by atoms with Gasteiger partial charge >= 0.3 is 11.9 Å². The normalized spacial score (nSPS) is 13.9. The van der Waals surface area contributed by atoms with Gasteiger partial charge in [0.2, 0.25) is 0 Å². The lowest BCUT2D eigenvalue weighted by molar-refractivity contribution is -0.459. The van der Waals surface area contributed by atoms with Crippen molar-refractivity contribution in [1.29, 1.82) is 0 Å². The third-order valence-corrected chi connectivity index (χ3v) is 2.04. The third kappa shape index (κ3) is 7.67. The molecular weight excluding hydrogens is 232 g/mol. The summed E-state index contributed by atoms with van der Waals surface area (Å²) in [6, 6.07) is 0. The minimum Gasteiger partial charge on any atom is -0.393 e. The number of unbranched alkanes of at least 4 members (excludes halogenated alkanes) is 1. The van der Waals surface area contributed by atoms with Crippen molar-refractivity contribution < 1.29 is 34.6 Å². The third-order valence-electron chi connectivity index (χ3n) is 2.04. The van der Waals surface area contributed by atoms with Crippen LogP contribution in [-0.4, -0.2) is 34.4 Å². The predicted octanol–water partition coefficient (Wildman–Crippen LogP) is 0.243. The lowest BCUT2D eigenvalue weighted by Crippen LogP contribution is -2.36.